The number of nitrogens with one attached hydrogen (secondary N) is 2. The molecule has 0 atom stereocenters. The number of urea groups is 1. The highest BCUT2D eigenvalue weighted by Crippen LogP contribution is 2.27. The molecule has 1 aromatic rings. The van der Waals surface area contributed by atoms with Gasteiger partial charge in [-0.25, -0.2) is 4.79 Å². The summed E-state index contributed by atoms with van der Waals surface area (Å²) >= 11 is 0. The third kappa shape index (κ3) is 3.35. The Morgan fingerprint density at radius 3 is 2.50 bits per heavy atom. The number of likely N-dealkylation sites (tertiary alicyclic amines) is 1. The number of hydrogen-bond acceptors (Lipinski definition) is 5. The number of nitrogens with zero attached hydrogens (tertiary/aromatic N) is 1. The number of piperidine rings is 1. The molecule has 2 fully saturated rings. The van der Waals surface area contributed by atoms with Crippen LogP contribution in [0.1, 0.15) is 18.4 Å². The van der Waals surface area contributed by atoms with Crippen molar-refractivity contribution in [1.82, 2.24) is 15.5 Å². The number of rotatable bonds is 4. The number of hydrogen-bond donors (Lipinski definition) is 2. The highest BCUT2D eigenvalue weighted by atomic mass is 16.5. The van der Waals surface area contributed by atoms with Gasteiger partial charge in [0.1, 0.15) is 17.0 Å². The third-order valence-electron chi connectivity index (χ3n) is 4.79. The molecule has 0 aromatic heterocycles. The standard InChI is InChI=1S/C18H21N3O5/c1-25-13-4-5-14(26-2)12(11-13)3-6-15(22)21-9-7-18(8-10-21)16(23)19-17(24)20-18/h3-6,11H,7-10H2,1-2H3,(H2,19,20,23,24)/b6-3+. The maximum atomic E-state index is 12.5. The van der Waals surface area contributed by atoms with Crippen LogP contribution in [0, 0.1) is 0 Å². The van der Waals surface area contributed by atoms with Gasteiger partial charge in [0.15, 0.2) is 0 Å². The van der Waals surface area contributed by atoms with Crippen molar-refractivity contribution < 1.29 is 23.9 Å². The van der Waals surface area contributed by atoms with E-state index in [2.05, 4.69) is 10.6 Å². The predicted molar refractivity (Wildman–Crippen MR) is 93.8 cm³/mol. The summed E-state index contributed by atoms with van der Waals surface area (Å²) in [5.41, 5.74) is -0.149. The maximum absolute atomic E-state index is 12.5. The van der Waals surface area contributed by atoms with Crippen LogP contribution in [0.2, 0.25) is 0 Å². The van der Waals surface area contributed by atoms with Crippen LogP contribution in [0.5, 0.6) is 11.5 Å². The van der Waals surface area contributed by atoms with E-state index < -0.39 is 11.6 Å². The number of carbonyl (C=O) groups is 3. The van der Waals surface area contributed by atoms with E-state index in [9.17, 15) is 14.4 Å². The molecular weight excluding hydrogens is 338 g/mol. The van der Waals surface area contributed by atoms with Gasteiger partial charge in [0.2, 0.25) is 5.91 Å². The largest absolute Gasteiger partial charge is 0.497 e. The van der Waals surface area contributed by atoms with Crippen LogP contribution in [0.4, 0.5) is 4.79 Å². The summed E-state index contributed by atoms with van der Waals surface area (Å²) in [6.45, 7) is 0.790. The van der Waals surface area contributed by atoms with Crippen molar-refractivity contribution in [2.45, 2.75) is 18.4 Å². The molecule has 0 aliphatic carbocycles. The fourth-order valence-electron chi connectivity index (χ4n) is 3.23. The Morgan fingerprint density at radius 1 is 1.19 bits per heavy atom. The molecule has 8 heteroatoms. The first kappa shape index (κ1) is 17.8. The van der Waals surface area contributed by atoms with Crippen LogP contribution in [-0.4, -0.2) is 55.6 Å². The molecule has 3 rings (SSSR count). The molecule has 26 heavy (non-hydrogen) atoms. The number of ether oxygens (including phenoxy) is 2. The number of methoxy groups -OCH3 is 2. The van der Waals surface area contributed by atoms with Crippen LogP contribution in [-0.2, 0) is 9.59 Å². The van der Waals surface area contributed by atoms with Crippen molar-refractivity contribution in [2.75, 3.05) is 27.3 Å². The van der Waals surface area contributed by atoms with Gasteiger partial charge in [-0.05, 0) is 37.1 Å². The summed E-state index contributed by atoms with van der Waals surface area (Å²) in [7, 11) is 3.13. The van der Waals surface area contributed by atoms with Gasteiger partial charge >= 0.3 is 6.03 Å². The molecule has 1 aromatic carbocycles. The normalized spacial score (nSPS) is 18.8. The SMILES string of the molecule is COc1ccc(OC)c(/C=C/C(=O)N2CCC3(CC2)NC(=O)NC3=O)c1. The zero-order valence-corrected chi connectivity index (χ0v) is 14.7. The lowest BCUT2D eigenvalue weighted by Crippen LogP contribution is -2.55. The van der Waals surface area contributed by atoms with Crippen LogP contribution < -0.4 is 20.1 Å². The minimum absolute atomic E-state index is 0.158. The quantitative estimate of drug-likeness (QED) is 0.615. The summed E-state index contributed by atoms with van der Waals surface area (Å²) in [5, 5.41) is 4.94. The van der Waals surface area contributed by atoms with E-state index in [1.807, 2.05) is 0 Å². The summed E-state index contributed by atoms with van der Waals surface area (Å²) in [4.78, 5) is 37.4. The van der Waals surface area contributed by atoms with Crippen molar-refractivity contribution in [1.29, 1.82) is 0 Å². The van der Waals surface area contributed by atoms with E-state index in [0.717, 1.165) is 5.56 Å². The Morgan fingerprint density at radius 2 is 1.92 bits per heavy atom. The number of amides is 4. The van der Waals surface area contributed by atoms with Gasteiger partial charge in [-0.2, -0.15) is 0 Å². The third-order valence-corrected chi connectivity index (χ3v) is 4.79. The van der Waals surface area contributed by atoms with E-state index in [4.69, 9.17) is 9.47 Å². The second kappa shape index (κ2) is 7.07. The van der Waals surface area contributed by atoms with Gasteiger partial charge in [0, 0.05) is 24.7 Å². The van der Waals surface area contributed by atoms with Gasteiger partial charge in [-0.15, -0.1) is 0 Å². The predicted octanol–water partition coefficient (Wildman–Crippen LogP) is 0.918. The summed E-state index contributed by atoms with van der Waals surface area (Å²) in [6, 6.07) is 4.87. The Balaban J connectivity index is 1.65. The molecule has 1 spiro atoms. The van der Waals surface area contributed by atoms with Crippen molar-refractivity contribution in [2.24, 2.45) is 0 Å². The molecular formula is C18H21N3O5. The molecule has 8 nitrogen and oxygen atoms in total. The highest BCUT2D eigenvalue weighted by Gasteiger charge is 2.48. The lowest BCUT2D eigenvalue weighted by atomic mass is 9.87. The number of benzene rings is 1. The molecule has 0 unspecified atom stereocenters. The van der Waals surface area contributed by atoms with Crippen LogP contribution in [0.3, 0.4) is 0 Å². The molecule has 2 aliphatic heterocycles. The fourth-order valence-corrected chi connectivity index (χ4v) is 3.23. The Hall–Kier alpha value is -3.03. The van der Waals surface area contributed by atoms with Gasteiger partial charge in [0.05, 0.1) is 14.2 Å². The summed E-state index contributed by atoms with van der Waals surface area (Å²) in [5.74, 6) is 0.833. The maximum Gasteiger partial charge on any atom is 0.322 e. The second-order valence-electron chi connectivity index (χ2n) is 6.26. The molecule has 0 bridgehead atoms. The van der Waals surface area contributed by atoms with E-state index in [-0.39, 0.29) is 11.8 Å². The fraction of sp³-hybridized carbons (Fsp3) is 0.389. The van der Waals surface area contributed by atoms with E-state index >= 15 is 0 Å². The first-order valence-electron chi connectivity index (χ1n) is 8.30. The van der Waals surface area contributed by atoms with Gasteiger partial charge in [0.25, 0.3) is 5.91 Å². The van der Waals surface area contributed by atoms with Crippen molar-refractivity contribution in [3.8, 4) is 11.5 Å². The Labute approximate surface area is 151 Å². The Kier molecular flexibility index (Phi) is 4.83. The molecule has 0 radical (unpaired) electrons. The number of imide groups is 1. The molecule has 2 heterocycles. The van der Waals surface area contributed by atoms with Gasteiger partial charge in [-0.3, -0.25) is 14.9 Å². The van der Waals surface area contributed by atoms with E-state index in [1.165, 1.54) is 6.08 Å². The average Bonchev–Trinajstić information content (AvgIpc) is 2.92. The van der Waals surface area contributed by atoms with Crippen LogP contribution in [0.15, 0.2) is 24.3 Å². The highest BCUT2D eigenvalue weighted by molar-refractivity contribution is 6.07. The zero-order chi connectivity index (χ0) is 18.7. The lowest BCUT2D eigenvalue weighted by molar-refractivity contribution is -0.132. The minimum atomic E-state index is -0.881. The van der Waals surface area contributed by atoms with Crippen molar-refractivity contribution in [3.63, 3.8) is 0 Å². The Bertz CT molecular complexity index is 766. The zero-order valence-electron chi connectivity index (χ0n) is 14.7. The van der Waals surface area contributed by atoms with E-state index in [1.54, 1.807) is 43.4 Å². The molecule has 2 N–H and O–H groups in total. The molecule has 4 amide bonds. The van der Waals surface area contributed by atoms with Gasteiger partial charge in [-0.1, -0.05) is 0 Å². The van der Waals surface area contributed by atoms with E-state index in [0.29, 0.717) is 37.4 Å². The lowest BCUT2D eigenvalue weighted by Gasteiger charge is -2.36. The van der Waals surface area contributed by atoms with Crippen LogP contribution >= 0.6 is 0 Å². The first-order valence-corrected chi connectivity index (χ1v) is 8.30. The molecule has 2 saturated heterocycles. The van der Waals surface area contributed by atoms with Crippen molar-refractivity contribution >= 4 is 23.9 Å². The topological polar surface area (TPSA) is 97.0 Å². The first-order chi connectivity index (χ1) is 12.5. The minimum Gasteiger partial charge on any atom is -0.497 e. The average molecular weight is 359 g/mol. The summed E-state index contributed by atoms with van der Waals surface area (Å²) < 4.78 is 10.5. The van der Waals surface area contributed by atoms with Gasteiger partial charge < -0.3 is 19.7 Å². The number of carbonyl (C=O) groups excluding carboxylic acids is 3. The monoisotopic (exact) mass is 359 g/mol. The molecule has 0 saturated carbocycles. The summed E-state index contributed by atoms with van der Waals surface area (Å²) in [6.07, 6.45) is 3.94. The smallest absolute Gasteiger partial charge is 0.322 e. The molecule has 138 valence electrons. The second-order valence-corrected chi connectivity index (χ2v) is 6.26. The van der Waals surface area contributed by atoms with Crippen molar-refractivity contribution in [3.05, 3.63) is 29.8 Å². The molecule has 2 aliphatic rings. The van der Waals surface area contributed by atoms with Crippen LogP contribution in [0.25, 0.3) is 6.08 Å².